The average molecular weight is 482 g/mol. The van der Waals surface area contributed by atoms with Crippen molar-refractivity contribution >= 4 is 22.0 Å². The Labute approximate surface area is 202 Å². The Morgan fingerprint density at radius 2 is 1.79 bits per heavy atom. The van der Waals surface area contributed by atoms with Crippen molar-refractivity contribution in [2.45, 2.75) is 26.3 Å². The van der Waals surface area contributed by atoms with Crippen molar-refractivity contribution in [3.05, 3.63) is 70.6 Å². The standard InChI is InChI=1S/C25H28FN5O2S/c1-3-21-27-25-31(28-21)24(32)23(34-25)22(17-9-11-18(12-10-17)33-4-2)30-15-13-29(14-16-30)20-8-6-5-7-19(20)26/h5-12,22,32H,3-4,13-16H2,1-2H3. The summed E-state index contributed by atoms with van der Waals surface area (Å²) < 4.78 is 21.5. The van der Waals surface area contributed by atoms with Crippen molar-refractivity contribution in [1.29, 1.82) is 0 Å². The number of fused-ring (bicyclic) bond motifs is 1. The van der Waals surface area contributed by atoms with Gasteiger partial charge in [-0.05, 0) is 36.8 Å². The fourth-order valence-electron chi connectivity index (χ4n) is 4.49. The number of halogens is 1. The van der Waals surface area contributed by atoms with E-state index in [1.165, 1.54) is 21.9 Å². The first-order chi connectivity index (χ1) is 16.6. The van der Waals surface area contributed by atoms with Crippen molar-refractivity contribution in [1.82, 2.24) is 19.5 Å². The number of hydrogen-bond acceptors (Lipinski definition) is 7. The first-order valence-corrected chi connectivity index (χ1v) is 12.4. The van der Waals surface area contributed by atoms with E-state index >= 15 is 0 Å². The molecule has 0 amide bonds. The van der Waals surface area contributed by atoms with Gasteiger partial charge in [0.1, 0.15) is 11.6 Å². The van der Waals surface area contributed by atoms with Crippen LogP contribution in [0.5, 0.6) is 11.6 Å². The number of thiazole rings is 1. The molecule has 1 aliphatic rings. The maximum atomic E-state index is 14.3. The van der Waals surface area contributed by atoms with Crippen LogP contribution in [0.4, 0.5) is 10.1 Å². The summed E-state index contributed by atoms with van der Waals surface area (Å²) in [7, 11) is 0. The Hall–Kier alpha value is -3.17. The highest BCUT2D eigenvalue weighted by Crippen LogP contribution is 2.41. The quantitative estimate of drug-likeness (QED) is 0.419. The van der Waals surface area contributed by atoms with E-state index in [4.69, 9.17) is 4.74 Å². The highest BCUT2D eigenvalue weighted by Gasteiger charge is 2.32. The number of benzene rings is 2. The van der Waals surface area contributed by atoms with Gasteiger partial charge in [-0.3, -0.25) is 4.90 Å². The number of aromatic hydroxyl groups is 1. The van der Waals surface area contributed by atoms with Crippen LogP contribution in [0.3, 0.4) is 0 Å². The van der Waals surface area contributed by atoms with Gasteiger partial charge in [-0.2, -0.15) is 4.52 Å². The maximum absolute atomic E-state index is 14.3. The van der Waals surface area contributed by atoms with E-state index in [1.807, 2.05) is 50.2 Å². The fourth-order valence-corrected chi connectivity index (χ4v) is 5.62. The zero-order chi connectivity index (χ0) is 23.7. The lowest BCUT2D eigenvalue weighted by atomic mass is 10.0. The minimum atomic E-state index is -0.200. The smallest absolute Gasteiger partial charge is 0.230 e. The van der Waals surface area contributed by atoms with Gasteiger partial charge in [0.2, 0.25) is 10.8 Å². The van der Waals surface area contributed by atoms with Crippen LogP contribution in [0.1, 0.15) is 36.2 Å². The molecule has 178 valence electrons. The first-order valence-electron chi connectivity index (χ1n) is 11.6. The number of piperazine rings is 1. The summed E-state index contributed by atoms with van der Waals surface area (Å²) >= 11 is 1.46. The van der Waals surface area contributed by atoms with Gasteiger partial charge in [0.05, 0.1) is 23.2 Å². The predicted molar refractivity (Wildman–Crippen MR) is 132 cm³/mol. The average Bonchev–Trinajstić information content (AvgIpc) is 3.40. The van der Waals surface area contributed by atoms with E-state index in [2.05, 4.69) is 19.9 Å². The third-order valence-electron chi connectivity index (χ3n) is 6.19. The highest BCUT2D eigenvalue weighted by atomic mass is 32.1. The number of anilines is 1. The van der Waals surface area contributed by atoms with Crippen LogP contribution in [0.15, 0.2) is 48.5 Å². The van der Waals surface area contributed by atoms with Crippen LogP contribution in [0.2, 0.25) is 0 Å². The zero-order valence-corrected chi connectivity index (χ0v) is 20.1. The van der Waals surface area contributed by atoms with Gasteiger partial charge in [-0.25, -0.2) is 9.37 Å². The molecule has 4 aromatic rings. The molecule has 0 saturated carbocycles. The number of rotatable bonds is 7. The second-order valence-corrected chi connectivity index (χ2v) is 9.25. The Bertz CT molecular complexity index is 1260. The molecule has 34 heavy (non-hydrogen) atoms. The molecule has 1 N–H and O–H groups in total. The normalized spacial score (nSPS) is 15.7. The predicted octanol–water partition coefficient (Wildman–Crippen LogP) is 4.51. The van der Waals surface area contributed by atoms with Crippen LogP contribution in [0, 0.1) is 5.82 Å². The third kappa shape index (κ3) is 4.21. The molecule has 0 aliphatic carbocycles. The van der Waals surface area contributed by atoms with Gasteiger partial charge in [-0.1, -0.05) is 42.5 Å². The van der Waals surface area contributed by atoms with Crippen LogP contribution in [-0.2, 0) is 6.42 Å². The minimum absolute atomic E-state index is 0.127. The largest absolute Gasteiger partial charge is 0.494 e. The van der Waals surface area contributed by atoms with Gasteiger partial charge in [0.25, 0.3) is 0 Å². The molecule has 1 saturated heterocycles. The maximum Gasteiger partial charge on any atom is 0.230 e. The van der Waals surface area contributed by atoms with Gasteiger partial charge in [0, 0.05) is 32.6 Å². The molecule has 2 aromatic heterocycles. The summed E-state index contributed by atoms with van der Waals surface area (Å²) in [6, 6.07) is 14.8. The van der Waals surface area contributed by atoms with Crippen LogP contribution < -0.4 is 9.64 Å². The van der Waals surface area contributed by atoms with Gasteiger partial charge < -0.3 is 14.7 Å². The van der Waals surface area contributed by atoms with Crippen molar-refractivity contribution in [2.24, 2.45) is 0 Å². The molecular weight excluding hydrogens is 453 g/mol. The molecule has 1 aliphatic heterocycles. The Kier molecular flexibility index (Phi) is 6.38. The number of nitrogens with zero attached hydrogens (tertiary/aromatic N) is 5. The minimum Gasteiger partial charge on any atom is -0.494 e. The number of hydrogen-bond donors (Lipinski definition) is 1. The lowest BCUT2D eigenvalue weighted by Crippen LogP contribution is -2.48. The van der Waals surface area contributed by atoms with Gasteiger partial charge in [-0.15, -0.1) is 5.10 Å². The molecule has 1 fully saturated rings. The van der Waals surface area contributed by atoms with E-state index in [0.717, 1.165) is 29.3 Å². The highest BCUT2D eigenvalue weighted by molar-refractivity contribution is 7.17. The first kappa shape index (κ1) is 22.6. The lowest BCUT2D eigenvalue weighted by Gasteiger charge is -2.40. The van der Waals surface area contributed by atoms with Crippen molar-refractivity contribution in [2.75, 3.05) is 37.7 Å². The molecule has 0 radical (unpaired) electrons. The Morgan fingerprint density at radius 3 is 2.44 bits per heavy atom. The number of ether oxygens (including phenoxy) is 1. The Morgan fingerprint density at radius 1 is 1.06 bits per heavy atom. The lowest BCUT2D eigenvalue weighted by molar-refractivity contribution is 0.210. The van der Waals surface area contributed by atoms with Crippen LogP contribution in [0.25, 0.3) is 4.96 Å². The second kappa shape index (κ2) is 9.60. The summed E-state index contributed by atoms with van der Waals surface area (Å²) in [5.41, 5.74) is 1.69. The number of aryl methyl sites for hydroxylation is 1. The molecular formula is C25H28FN5O2S. The fraction of sp³-hybridized carbons (Fsp3) is 0.360. The molecule has 1 atom stereocenters. The van der Waals surface area contributed by atoms with E-state index in [1.54, 1.807) is 6.07 Å². The van der Waals surface area contributed by atoms with Crippen LogP contribution >= 0.6 is 11.3 Å². The monoisotopic (exact) mass is 481 g/mol. The van der Waals surface area contributed by atoms with E-state index < -0.39 is 0 Å². The molecule has 0 spiro atoms. The van der Waals surface area contributed by atoms with Crippen LogP contribution in [-0.4, -0.2) is 57.4 Å². The second-order valence-electron chi connectivity index (χ2n) is 8.24. The number of para-hydroxylation sites is 1. The van der Waals surface area contributed by atoms with Crippen molar-refractivity contribution < 1.29 is 14.2 Å². The van der Waals surface area contributed by atoms with Crippen molar-refractivity contribution in [3.8, 4) is 11.6 Å². The SMILES string of the molecule is CCOc1ccc(C(c2sc3nc(CC)nn3c2O)N2CCN(c3ccccc3F)CC2)cc1. The molecule has 2 aromatic carbocycles. The molecule has 3 heterocycles. The molecule has 1 unspecified atom stereocenters. The number of aromatic nitrogens is 3. The summed E-state index contributed by atoms with van der Waals surface area (Å²) in [4.78, 5) is 10.5. The Balaban J connectivity index is 1.47. The summed E-state index contributed by atoms with van der Waals surface area (Å²) in [6.07, 6.45) is 0.712. The molecule has 0 bridgehead atoms. The van der Waals surface area contributed by atoms with E-state index in [9.17, 15) is 9.50 Å². The third-order valence-corrected chi connectivity index (χ3v) is 7.26. The molecule has 7 nitrogen and oxygen atoms in total. The summed E-state index contributed by atoms with van der Waals surface area (Å²) in [5, 5.41) is 15.6. The van der Waals surface area contributed by atoms with E-state index in [-0.39, 0.29) is 17.7 Å². The van der Waals surface area contributed by atoms with E-state index in [0.29, 0.717) is 42.6 Å². The van der Waals surface area contributed by atoms with Gasteiger partial charge in [0.15, 0.2) is 5.82 Å². The topological polar surface area (TPSA) is 66.1 Å². The zero-order valence-electron chi connectivity index (χ0n) is 19.3. The molecule has 5 rings (SSSR count). The summed E-state index contributed by atoms with van der Waals surface area (Å²) in [5.74, 6) is 1.45. The van der Waals surface area contributed by atoms with Gasteiger partial charge >= 0.3 is 0 Å². The molecule has 9 heteroatoms. The summed E-state index contributed by atoms with van der Waals surface area (Å²) in [6.45, 7) is 7.39. The van der Waals surface area contributed by atoms with Crippen molar-refractivity contribution in [3.63, 3.8) is 0 Å².